The summed E-state index contributed by atoms with van der Waals surface area (Å²) in [7, 11) is 0. The van der Waals surface area contributed by atoms with Gasteiger partial charge in [0.1, 0.15) is 5.82 Å². The molecule has 1 fully saturated rings. The highest BCUT2D eigenvalue weighted by molar-refractivity contribution is 5.74. The number of piperidine rings is 1. The number of urea groups is 1. The summed E-state index contributed by atoms with van der Waals surface area (Å²) in [6.07, 6.45) is 1.61. The van der Waals surface area contributed by atoms with Gasteiger partial charge in [-0.1, -0.05) is 18.2 Å². The van der Waals surface area contributed by atoms with Crippen LogP contribution in [0, 0.1) is 5.82 Å². The summed E-state index contributed by atoms with van der Waals surface area (Å²) < 4.78 is 13.4. The Morgan fingerprint density at radius 1 is 1.47 bits per heavy atom. The number of β-amino-alcohol motifs (C(OH)–C–C–N with tert-alkyl or cyclic N) is 1. The fourth-order valence-electron chi connectivity index (χ4n) is 2.26. The zero-order valence-corrected chi connectivity index (χ0v) is 10.8. The van der Waals surface area contributed by atoms with E-state index in [4.69, 9.17) is 0 Å². The highest BCUT2D eigenvalue weighted by atomic mass is 19.1. The van der Waals surface area contributed by atoms with Crippen LogP contribution >= 0.6 is 0 Å². The molecule has 0 radical (unpaired) electrons. The van der Waals surface area contributed by atoms with Gasteiger partial charge in [0.05, 0.1) is 6.10 Å². The summed E-state index contributed by atoms with van der Waals surface area (Å²) in [5.74, 6) is -0.245. The maximum absolute atomic E-state index is 13.4. The van der Waals surface area contributed by atoms with Crippen LogP contribution in [-0.2, 0) is 6.42 Å². The van der Waals surface area contributed by atoms with Crippen molar-refractivity contribution >= 4 is 6.03 Å². The van der Waals surface area contributed by atoms with Crippen molar-refractivity contribution in [3.05, 3.63) is 35.6 Å². The van der Waals surface area contributed by atoms with E-state index >= 15 is 0 Å². The third-order valence-electron chi connectivity index (χ3n) is 3.31. The highest BCUT2D eigenvalue weighted by Crippen LogP contribution is 2.10. The van der Waals surface area contributed by atoms with Gasteiger partial charge in [0, 0.05) is 19.6 Å². The van der Waals surface area contributed by atoms with Crippen molar-refractivity contribution in [1.82, 2.24) is 10.2 Å². The number of aliphatic hydroxyl groups is 1. The molecule has 0 spiro atoms. The third-order valence-corrected chi connectivity index (χ3v) is 3.31. The summed E-state index contributed by atoms with van der Waals surface area (Å²) >= 11 is 0. The number of halogens is 1. The molecular weight excluding hydrogens is 247 g/mol. The van der Waals surface area contributed by atoms with Crippen LogP contribution in [0.3, 0.4) is 0 Å². The molecule has 19 heavy (non-hydrogen) atoms. The van der Waals surface area contributed by atoms with Gasteiger partial charge < -0.3 is 15.3 Å². The van der Waals surface area contributed by atoms with Gasteiger partial charge in [-0.25, -0.2) is 9.18 Å². The average Bonchev–Trinajstić information content (AvgIpc) is 2.41. The van der Waals surface area contributed by atoms with E-state index in [0.717, 1.165) is 12.8 Å². The quantitative estimate of drug-likeness (QED) is 0.872. The number of nitrogens with zero attached hydrogens (tertiary/aromatic N) is 1. The minimum absolute atomic E-state index is 0.185. The topological polar surface area (TPSA) is 52.6 Å². The zero-order chi connectivity index (χ0) is 13.7. The van der Waals surface area contributed by atoms with Crippen LogP contribution in [0.25, 0.3) is 0 Å². The van der Waals surface area contributed by atoms with Crippen molar-refractivity contribution in [2.75, 3.05) is 19.6 Å². The Hall–Kier alpha value is -1.62. The Kier molecular flexibility index (Phi) is 4.74. The highest BCUT2D eigenvalue weighted by Gasteiger charge is 2.21. The third kappa shape index (κ3) is 3.92. The second-order valence-corrected chi connectivity index (χ2v) is 4.82. The predicted molar refractivity (Wildman–Crippen MR) is 70.3 cm³/mol. The summed E-state index contributed by atoms with van der Waals surface area (Å²) in [6.45, 7) is 1.44. The molecule has 0 bridgehead atoms. The molecule has 104 valence electrons. The fraction of sp³-hybridized carbons (Fsp3) is 0.500. The van der Waals surface area contributed by atoms with E-state index in [0.29, 0.717) is 31.6 Å². The lowest BCUT2D eigenvalue weighted by Gasteiger charge is -2.30. The Morgan fingerprint density at radius 3 is 3.00 bits per heavy atom. The predicted octanol–water partition coefficient (Wildman–Crippen LogP) is 1.53. The van der Waals surface area contributed by atoms with Crippen LogP contribution in [0.15, 0.2) is 24.3 Å². The lowest BCUT2D eigenvalue weighted by atomic mass is 10.1. The smallest absolute Gasteiger partial charge is 0.317 e. The Morgan fingerprint density at radius 2 is 2.26 bits per heavy atom. The molecule has 1 saturated heterocycles. The molecule has 1 aromatic rings. The molecule has 0 aliphatic carbocycles. The maximum Gasteiger partial charge on any atom is 0.317 e. The van der Waals surface area contributed by atoms with Crippen molar-refractivity contribution in [2.24, 2.45) is 0 Å². The van der Waals surface area contributed by atoms with E-state index in [1.165, 1.54) is 6.07 Å². The number of hydrogen-bond acceptors (Lipinski definition) is 2. The molecule has 5 heteroatoms. The fourth-order valence-corrected chi connectivity index (χ4v) is 2.26. The number of aliphatic hydroxyl groups excluding tert-OH is 1. The minimum atomic E-state index is -0.425. The molecule has 1 unspecified atom stereocenters. The molecule has 2 N–H and O–H groups in total. The summed E-state index contributed by atoms with van der Waals surface area (Å²) in [4.78, 5) is 13.4. The molecule has 1 heterocycles. The molecule has 2 amide bonds. The molecule has 0 saturated carbocycles. The van der Waals surface area contributed by atoms with Gasteiger partial charge in [-0.05, 0) is 30.9 Å². The molecular formula is C14H19FN2O2. The Bertz CT molecular complexity index is 439. The molecule has 1 aliphatic heterocycles. The minimum Gasteiger partial charge on any atom is -0.391 e. The number of carbonyl (C=O) groups excluding carboxylic acids is 1. The van der Waals surface area contributed by atoms with Crippen LogP contribution in [0.5, 0.6) is 0 Å². The SMILES string of the molecule is O=C(NCCc1ccccc1F)N1CCCC(O)C1. The van der Waals surface area contributed by atoms with E-state index in [1.807, 2.05) is 0 Å². The first-order chi connectivity index (χ1) is 9.16. The van der Waals surface area contributed by atoms with Gasteiger partial charge in [0.25, 0.3) is 0 Å². The van der Waals surface area contributed by atoms with Gasteiger partial charge in [-0.2, -0.15) is 0 Å². The first kappa shape index (κ1) is 13.8. The van der Waals surface area contributed by atoms with Crippen LogP contribution in [-0.4, -0.2) is 41.8 Å². The van der Waals surface area contributed by atoms with Gasteiger partial charge >= 0.3 is 6.03 Å². The lowest BCUT2D eigenvalue weighted by molar-refractivity contribution is 0.0843. The molecule has 1 atom stereocenters. The maximum atomic E-state index is 13.4. The standard InChI is InChI=1S/C14H19FN2O2/c15-13-6-2-1-4-11(13)7-8-16-14(19)17-9-3-5-12(18)10-17/h1-2,4,6,12,18H,3,5,7-10H2,(H,16,19). The second kappa shape index (κ2) is 6.52. The number of hydrogen-bond donors (Lipinski definition) is 2. The number of likely N-dealkylation sites (tertiary alicyclic amines) is 1. The van der Waals surface area contributed by atoms with E-state index in [9.17, 15) is 14.3 Å². The lowest BCUT2D eigenvalue weighted by Crippen LogP contribution is -2.47. The van der Waals surface area contributed by atoms with Gasteiger partial charge in [0.2, 0.25) is 0 Å². The summed E-state index contributed by atoms with van der Waals surface area (Å²) in [6, 6.07) is 6.37. The first-order valence-corrected chi connectivity index (χ1v) is 6.61. The van der Waals surface area contributed by atoms with Crippen molar-refractivity contribution in [1.29, 1.82) is 0 Å². The first-order valence-electron chi connectivity index (χ1n) is 6.61. The van der Waals surface area contributed by atoms with Gasteiger partial charge in [-0.3, -0.25) is 0 Å². The van der Waals surface area contributed by atoms with E-state index in [2.05, 4.69) is 5.32 Å². The van der Waals surface area contributed by atoms with E-state index < -0.39 is 6.10 Å². The Balaban J connectivity index is 1.76. The molecule has 2 rings (SSSR count). The van der Waals surface area contributed by atoms with Crippen molar-refractivity contribution in [2.45, 2.75) is 25.4 Å². The average molecular weight is 266 g/mol. The number of benzene rings is 1. The van der Waals surface area contributed by atoms with Crippen LogP contribution in [0.2, 0.25) is 0 Å². The molecule has 4 nitrogen and oxygen atoms in total. The second-order valence-electron chi connectivity index (χ2n) is 4.82. The summed E-state index contributed by atoms with van der Waals surface area (Å²) in [5, 5.41) is 12.3. The van der Waals surface area contributed by atoms with Crippen LogP contribution < -0.4 is 5.32 Å². The Labute approximate surface area is 112 Å². The summed E-state index contributed by atoms with van der Waals surface area (Å²) in [5.41, 5.74) is 0.599. The number of nitrogens with one attached hydrogen (secondary N) is 1. The largest absolute Gasteiger partial charge is 0.391 e. The zero-order valence-electron chi connectivity index (χ0n) is 10.8. The number of rotatable bonds is 3. The van der Waals surface area contributed by atoms with Crippen molar-refractivity contribution < 1.29 is 14.3 Å². The van der Waals surface area contributed by atoms with Crippen molar-refractivity contribution in [3.63, 3.8) is 0 Å². The molecule has 1 aromatic carbocycles. The normalized spacial score (nSPS) is 19.3. The number of carbonyl (C=O) groups is 1. The van der Waals surface area contributed by atoms with Crippen molar-refractivity contribution in [3.8, 4) is 0 Å². The molecule has 1 aliphatic rings. The van der Waals surface area contributed by atoms with Gasteiger partial charge in [-0.15, -0.1) is 0 Å². The van der Waals surface area contributed by atoms with E-state index in [1.54, 1.807) is 23.1 Å². The van der Waals surface area contributed by atoms with Crippen LogP contribution in [0.4, 0.5) is 9.18 Å². The number of amides is 2. The van der Waals surface area contributed by atoms with Crippen LogP contribution in [0.1, 0.15) is 18.4 Å². The monoisotopic (exact) mass is 266 g/mol. The molecule has 0 aromatic heterocycles. The van der Waals surface area contributed by atoms with Gasteiger partial charge in [0.15, 0.2) is 0 Å². The van der Waals surface area contributed by atoms with E-state index in [-0.39, 0.29) is 11.8 Å².